The number of H-pyrrole nitrogens is 1. The summed E-state index contributed by atoms with van der Waals surface area (Å²) in [6.45, 7) is 1.28. The summed E-state index contributed by atoms with van der Waals surface area (Å²) in [4.78, 5) is 36.3. The number of anilines is 1. The number of hydrogen-bond donors (Lipinski definition) is 3. The number of aliphatic carboxylic acids is 1. The number of nitrogens with zero attached hydrogens (tertiary/aromatic N) is 3. The van der Waals surface area contributed by atoms with Gasteiger partial charge in [-0.3, -0.25) is 4.79 Å². The van der Waals surface area contributed by atoms with Crippen LogP contribution in [0.4, 0.5) is 9.52 Å². The normalized spacial score (nSPS) is 15.9. The number of carboxylic acid groups (broad SMARTS) is 1. The average molecular weight is 513 g/mol. The van der Waals surface area contributed by atoms with Gasteiger partial charge in [0.05, 0.1) is 4.47 Å². The van der Waals surface area contributed by atoms with Gasteiger partial charge in [0.2, 0.25) is 0 Å². The van der Waals surface area contributed by atoms with Crippen molar-refractivity contribution < 1.29 is 24.1 Å². The second kappa shape index (κ2) is 8.89. The fraction of sp³-hybridized carbons (Fsp3) is 0.368. The van der Waals surface area contributed by atoms with Gasteiger partial charge in [-0.05, 0) is 28.1 Å². The van der Waals surface area contributed by atoms with Gasteiger partial charge in [0, 0.05) is 38.4 Å². The minimum absolute atomic E-state index is 0.0667. The number of hydrogen-bond acceptors (Lipinski definition) is 8. The smallest absolute Gasteiger partial charge is 0.332 e. The van der Waals surface area contributed by atoms with Crippen LogP contribution >= 0.6 is 27.3 Å². The fourth-order valence-corrected chi connectivity index (χ4v) is 4.58. The van der Waals surface area contributed by atoms with Crippen LogP contribution in [0.1, 0.15) is 18.7 Å². The van der Waals surface area contributed by atoms with Crippen LogP contribution in [0.5, 0.6) is 5.75 Å². The molecule has 3 aromatic rings. The van der Waals surface area contributed by atoms with Crippen LogP contribution in [-0.2, 0) is 11.2 Å². The lowest BCUT2D eigenvalue weighted by Crippen LogP contribution is -2.38. The van der Waals surface area contributed by atoms with Crippen molar-refractivity contribution in [3.63, 3.8) is 0 Å². The Balaban J connectivity index is 1.45. The number of carboxylic acids is 1. The molecule has 0 amide bonds. The minimum Gasteiger partial charge on any atom is -0.489 e. The van der Waals surface area contributed by atoms with E-state index < -0.39 is 17.6 Å². The summed E-state index contributed by atoms with van der Waals surface area (Å²) in [7, 11) is 0. The van der Waals surface area contributed by atoms with E-state index in [0.717, 1.165) is 0 Å². The minimum atomic E-state index is -1.66. The Bertz CT molecular complexity index is 1180. The van der Waals surface area contributed by atoms with Crippen LogP contribution < -0.4 is 15.2 Å². The topological polar surface area (TPSA) is 129 Å². The molecule has 1 saturated heterocycles. The van der Waals surface area contributed by atoms with E-state index in [2.05, 4.69) is 30.9 Å². The molecule has 1 aliphatic rings. The largest absolute Gasteiger partial charge is 0.489 e. The molecule has 4 rings (SSSR count). The number of nitrogens with one attached hydrogen (secondary N) is 1. The Kier molecular flexibility index (Phi) is 6.21. The summed E-state index contributed by atoms with van der Waals surface area (Å²) >= 11 is 4.57. The second-order valence-corrected chi connectivity index (χ2v) is 8.93. The standard InChI is InChI=1S/C19H18BrFN4O5S/c20-11-2-1-9(21)7-13(11)30-10-3-5-25(6-4-10)19-24-16-15(31-19)17(27)23-14(22-16)8-12(26)18(28)29/h1-2,7,10,12,26H,3-6,8H2,(H,28,29)(H,22,23,27). The maximum Gasteiger partial charge on any atom is 0.332 e. The number of benzene rings is 1. The molecule has 9 nitrogen and oxygen atoms in total. The Hall–Kier alpha value is -2.57. The van der Waals surface area contributed by atoms with Gasteiger partial charge in [-0.1, -0.05) is 11.3 Å². The van der Waals surface area contributed by atoms with Gasteiger partial charge in [-0.25, -0.2) is 14.2 Å². The number of thiazole rings is 1. The molecule has 12 heteroatoms. The molecule has 1 aromatic carbocycles. The molecule has 31 heavy (non-hydrogen) atoms. The first-order valence-electron chi connectivity index (χ1n) is 9.47. The van der Waals surface area contributed by atoms with Crippen molar-refractivity contribution in [1.29, 1.82) is 0 Å². The van der Waals surface area contributed by atoms with Crippen molar-refractivity contribution in [1.82, 2.24) is 15.0 Å². The van der Waals surface area contributed by atoms with Crippen LogP contribution in [-0.4, -0.2) is 56.4 Å². The first kappa shape index (κ1) is 21.7. The van der Waals surface area contributed by atoms with Crippen LogP contribution in [0.2, 0.25) is 0 Å². The van der Waals surface area contributed by atoms with Gasteiger partial charge in [0.25, 0.3) is 5.56 Å². The number of carbonyl (C=O) groups is 1. The zero-order valence-electron chi connectivity index (χ0n) is 16.0. The van der Waals surface area contributed by atoms with Crippen LogP contribution in [0.15, 0.2) is 27.5 Å². The molecule has 0 radical (unpaired) electrons. The number of piperidine rings is 1. The molecule has 1 aliphatic heterocycles. The van der Waals surface area contributed by atoms with Crippen molar-refractivity contribution in [3.05, 3.63) is 44.7 Å². The van der Waals surface area contributed by atoms with E-state index in [9.17, 15) is 19.1 Å². The van der Waals surface area contributed by atoms with Gasteiger partial charge >= 0.3 is 5.97 Å². The van der Waals surface area contributed by atoms with Gasteiger partial charge in [0.15, 0.2) is 16.9 Å². The van der Waals surface area contributed by atoms with Gasteiger partial charge in [-0.2, -0.15) is 4.98 Å². The number of aromatic amines is 1. The summed E-state index contributed by atoms with van der Waals surface area (Å²) in [5, 5.41) is 18.9. The van der Waals surface area contributed by atoms with Crippen LogP contribution in [0.25, 0.3) is 10.3 Å². The molecule has 2 aromatic heterocycles. The summed E-state index contributed by atoms with van der Waals surface area (Å²) in [5.41, 5.74) is -0.200. The molecule has 164 valence electrons. The van der Waals surface area contributed by atoms with Crippen LogP contribution in [0, 0.1) is 5.82 Å². The monoisotopic (exact) mass is 512 g/mol. The highest BCUT2D eigenvalue weighted by molar-refractivity contribution is 9.10. The molecule has 0 aliphatic carbocycles. The molecule has 3 heterocycles. The lowest BCUT2D eigenvalue weighted by molar-refractivity contribution is -0.146. The number of fused-ring (bicyclic) bond motifs is 1. The third kappa shape index (κ3) is 4.86. The third-order valence-corrected chi connectivity index (χ3v) is 6.63. The fourth-order valence-electron chi connectivity index (χ4n) is 3.28. The number of ether oxygens (including phenoxy) is 1. The van der Waals surface area contributed by atoms with E-state index in [1.807, 2.05) is 4.90 Å². The van der Waals surface area contributed by atoms with Crippen molar-refractivity contribution in [2.45, 2.75) is 31.5 Å². The number of aliphatic hydroxyl groups is 1. The van der Waals surface area contributed by atoms with Gasteiger partial charge in [0.1, 0.15) is 28.2 Å². The second-order valence-electron chi connectivity index (χ2n) is 7.10. The van der Waals surface area contributed by atoms with E-state index in [0.29, 0.717) is 46.0 Å². The molecule has 1 fully saturated rings. The number of rotatable bonds is 6. The molecular formula is C19H18BrFN4O5S. The molecule has 3 N–H and O–H groups in total. The highest BCUT2D eigenvalue weighted by atomic mass is 79.9. The molecule has 0 bridgehead atoms. The van der Waals surface area contributed by atoms with Crippen LogP contribution in [0.3, 0.4) is 0 Å². The Morgan fingerprint density at radius 1 is 1.39 bits per heavy atom. The predicted molar refractivity (Wildman–Crippen MR) is 115 cm³/mol. The van der Waals surface area contributed by atoms with E-state index in [1.54, 1.807) is 6.07 Å². The summed E-state index contributed by atoms with van der Waals surface area (Å²) in [6.07, 6.45) is -0.659. The van der Waals surface area contributed by atoms with Gasteiger partial charge < -0.3 is 24.8 Å². The first-order valence-corrected chi connectivity index (χ1v) is 11.1. The zero-order chi connectivity index (χ0) is 22.1. The molecule has 1 atom stereocenters. The van der Waals surface area contributed by atoms with E-state index in [4.69, 9.17) is 9.84 Å². The lowest BCUT2D eigenvalue weighted by atomic mass is 10.1. The highest BCUT2D eigenvalue weighted by Gasteiger charge is 2.25. The lowest BCUT2D eigenvalue weighted by Gasteiger charge is -2.32. The molecular weight excluding hydrogens is 495 g/mol. The third-order valence-electron chi connectivity index (χ3n) is 4.87. The van der Waals surface area contributed by atoms with Crippen molar-refractivity contribution in [2.24, 2.45) is 0 Å². The maximum absolute atomic E-state index is 13.5. The van der Waals surface area contributed by atoms with E-state index >= 15 is 0 Å². The summed E-state index contributed by atoms with van der Waals surface area (Å²) in [6, 6.07) is 4.31. The number of aliphatic hydroxyl groups excluding tert-OH is 1. The summed E-state index contributed by atoms with van der Waals surface area (Å²) < 4.78 is 20.4. The van der Waals surface area contributed by atoms with Gasteiger partial charge in [-0.15, -0.1) is 0 Å². The number of aromatic nitrogens is 3. The first-order chi connectivity index (χ1) is 14.8. The zero-order valence-corrected chi connectivity index (χ0v) is 18.4. The highest BCUT2D eigenvalue weighted by Crippen LogP contribution is 2.31. The quantitative estimate of drug-likeness (QED) is 0.458. The van der Waals surface area contributed by atoms with E-state index in [-0.39, 0.29) is 29.8 Å². The molecule has 0 saturated carbocycles. The molecule has 0 spiro atoms. The van der Waals surface area contributed by atoms with E-state index in [1.165, 1.54) is 23.5 Å². The Morgan fingerprint density at radius 2 is 2.13 bits per heavy atom. The predicted octanol–water partition coefficient (Wildman–Crippen LogP) is 2.32. The van der Waals surface area contributed by atoms with Crippen molar-refractivity contribution in [3.8, 4) is 5.75 Å². The summed E-state index contributed by atoms with van der Waals surface area (Å²) in [5.74, 6) is -1.22. The van der Waals surface area contributed by atoms with Crippen molar-refractivity contribution in [2.75, 3.05) is 18.0 Å². The SMILES string of the molecule is O=C(O)C(O)Cc1nc2nc(N3CCC(Oc4cc(F)ccc4Br)CC3)sc2c(=O)[nH]1. The maximum atomic E-state index is 13.5. The molecule has 1 unspecified atom stereocenters. The average Bonchev–Trinajstić information content (AvgIpc) is 3.16. The Morgan fingerprint density at radius 3 is 2.84 bits per heavy atom. The van der Waals surface area contributed by atoms with Crippen molar-refractivity contribution >= 4 is 48.7 Å². The number of halogens is 2. The Labute approximate surface area is 187 Å².